The molecule has 0 saturated carbocycles. The van der Waals surface area contributed by atoms with Gasteiger partial charge in [0.1, 0.15) is 30.2 Å². The highest BCUT2D eigenvalue weighted by atomic mass is 35.5. The van der Waals surface area contributed by atoms with Crippen molar-refractivity contribution in [3.8, 4) is 0 Å². The summed E-state index contributed by atoms with van der Waals surface area (Å²) in [5.74, 6) is -0.894. The Morgan fingerprint density at radius 1 is 1.17 bits per heavy atom. The molecule has 2 aliphatic heterocycles. The molecular formula is C44H61ClN8O6S. The first kappa shape index (κ1) is 48.1. The summed E-state index contributed by atoms with van der Waals surface area (Å²) in [6, 6.07) is 3.79. The SMILES string of the molecule is C=C(NC(C=O)CCC(N)=O)c1c(C=O)cccc1NCCCCCCCCNC(O)C1SC2=C(C(C3=CCC(C)(Cl)C=C3)=NC(CC(=O)OC)C(=N)N2C(C)=N)C1(C)C. The molecule has 326 valence electrons. The number of benzene rings is 1. The number of halogens is 1. The average Bonchev–Trinajstić information content (AvgIpc) is 3.39. The van der Waals surface area contributed by atoms with Gasteiger partial charge in [-0.05, 0) is 57.7 Å². The van der Waals surface area contributed by atoms with E-state index in [0.717, 1.165) is 61.6 Å². The van der Waals surface area contributed by atoms with E-state index in [9.17, 15) is 24.3 Å². The third kappa shape index (κ3) is 12.3. The van der Waals surface area contributed by atoms with Crippen LogP contribution in [-0.4, -0.2) is 100 Å². The van der Waals surface area contributed by atoms with Gasteiger partial charge >= 0.3 is 5.97 Å². The molecule has 14 nitrogen and oxygen atoms in total. The lowest BCUT2D eigenvalue weighted by Gasteiger charge is -2.34. The normalized spacial score (nSPS) is 21.9. The number of thioether (sulfide) groups is 1. The van der Waals surface area contributed by atoms with E-state index >= 15 is 0 Å². The fourth-order valence-electron chi connectivity index (χ4n) is 7.59. The predicted octanol–water partition coefficient (Wildman–Crippen LogP) is 6.45. The first-order chi connectivity index (χ1) is 28.4. The zero-order valence-electron chi connectivity index (χ0n) is 35.4. The number of hydrogen-bond acceptors (Lipinski definition) is 13. The Kier molecular flexibility index (Phi) is 17.5. The number of hydrogen-bond donors (Lipinski definition) is 7. The summed E-state index contributed by atoms with van der Waals surface area (Å²) >= 11 is 8.05. The number of alkyl halides is 1. The molecule has 1 amide bonds. The number of allylic oxidation sites excluding steroid dienone is 5. The Hall–Kier alpha value is -4.57. The van der Waals surface area contributed by atoms with Crippen molar-refractivity contribution in [2.24, 2.45) is 16.1 Å². The highest BCUT2D eigenvalue weighted by Gasteiger charge is 2.52. The van der Waals surface area contributed by atoms with Crippen LogP contribution in [0.3, 0.4) is 0 Å². The van der Waals surface area contributed by atoms with E-state index in [1.807, 2.05) is 45.1 Å². The van der Waals surface area contributed by atoms with Crippen LogP contribution in [0.1, 0.15) is 108 Å². The van der Waals surface area contributed by atoms with Gasteiger partial charge in [0.2, 0.25) is 5.91 Å². The number of rotatable bonds is 23. The number of esters is 1. The fraction of sp³-hybridized carbons (Fsp3) is 0.523. The van der Waals surface area contributed by atoms with Gasteiger partial charge in [0.05, 0.1) is 40.4 Å². The lowest BCUT2D eigenvalue weighted by molar-refractivity contribution is -0.140. The van der Waals surface area contributed by atoms with Crippen LogP contribution in [0, 0.1) is 16.2 Å². The summed E-state index contributed by atoms with van der Waals surface area (Å²) in [6.45, 7) is 13.0. The van der Waals surface area contributed by atoms with E-state index in [1.165, 1.54) is 18.9 Å². The summed E-state index contributed by atoms with van der Waals surface area (Å²) in [5.41, 5.74) is 8.97. The zero-order chi connectivity index (χ0) is 44.2. The van der Waals surface area contributed by atoms with Crippen LogP contribution >= 0.6 is 23.4 Å². The molecule has 0 spiro atoms. The van der Waals surface area contributed by atoms with E-state index in [2.05, 4.69) is 22.5 Å². The van der Waals surface area contributed by atoms with Gasteiger partial charge in [-0.3, -0.25) is 40.4 Å². The van der Waals surface area contributed by atoms with Gasteiger partial charge in [0.25, 0.3) is 0 Å². The molecule has 0 fully saturated rings. The molecular weight excluding hydrogens is 804 g/mol. The number of methoxy groups -OCH3 is 1. The Bertz CT molecular complexity index is 1940. The van der Waals surface area contributed by atoms with Gasteiger partial charge in [0.15, 0.2) is 6.29 Å². The maximum absolute atomic E-state index is 12.5. The molecule has 0 aromatic heterocycles. The molecule has 5 unspecified atom stereocenters. The molecule has 0 bridgehead atoms. The van der Waals surface area contributed by atoms with Gasteiger partial charge < -0.3 is 31.0 Å². The highest BCUT2D eigenvalue weighted by molar-refractivity contribution is 8.04. The molecule has 2 heterocycles. The topological polar surface area (TPSA) is 223 Å². The van der Waals surface area contributed by atoms with Crippen LogP contribution < -0.4 is 21.7 Å². The number of aliphatic hydroxyl groups excluding tert-OH is 1. The quantitative estimate of drug-likeness (QED) is 0.0120. The number of aldehydes is 2. The zero-order valence-corrected chi connectivity index (χ0v) is 36.9. The highest BCUT2D eigenvalue weighted by Crippen LogP contribution is 2.55. The number of unbranched alkanes of at least 4 members (excludes halogenated alkanes) is 5. The minimum Gasteiger partial charge on any atom is -0.469 e. The number of anilines is 1. The van der Waals surface area contributed by atoms with Crippen LogP contribution in [0.25, 0.3) is 5.70 Å². The lowest BCUT2D eigenvalue weighted by Crippen LogP contribution is -2.46. The molecule has 1 aromatic carbocycles. The van der Waals surface area contributed by atoms with Crippen LogP contribution in [0.4, 0.5) is 5.69 Å². The fourth-order valence-corrected chi connectivity index (χ4v) is 9.43. The van der Waals surface area contributed by atoms with Crippen LogP contribution in [0.2, 0.25) is 0 Å². The molecule has 0 radical (unpaired) electrons. The summed E-state index contributed by atoms with van der Waals surface area (Å²) in [6.07, 6.45) is 12.9. The molecule has 60 heavy (non-hydrogen) atoms. The number of aliphatic hydroxyl groups is 1. The number of aliphatic imine (C=N–C) groups is 1. The van der Waals surface area contributed by atoms with Crippen molar-refractivity contribution in [2.45, 2.75) is 120 Å². The van der Waals surface area contributed by atoms with Gasteiger partial charge in [0, 0.05) is 46.5 Å². The third-order valence-corrected chi connectivity index (χ3v) is 12.9. The average molecular weight is 866 g/mol. The van der Waals surface area contributed by atoms with Crippen LogP contribution in [-0.2, 0) is 19.1 Å². The molecule has 1 aliphatic carbocycles. The third-order valence-electron chi connectivity index (χ3n) is 10.9. The first-order valence-corrected chi connectivity index (χ1v) is 21.7. The Labute approximate surface area is 363 Å². The molecule has 3 aliphatic rings. The maximum Gasteiger partial charge on any atom is 0.308 e. The van der Waals surface area contributed by atoms with Crippen molar-refractivity contribution >= 4 is 76.6 Å². The Morgan fingerprint density at radius 3 is 2.45 bits per heavy atom. The monoisotopic (exact) mass is 864 g/mol. The summed E-state index contributed by atoms with van der Waals surface area (Å²) in [4.78, 5) is 53.2. The van der Waals surface area contributed by atoms with Gasteiger partial charge in [-0.1, -0.05) is 88.2 Å². The van der Waals surface area contributed by atoms with Gasteiger partial charge in [-0.25, -0.2) is 0 Å². The van der Waals surface area contributed by atoms with Crippen LogP contribution in [0.15, 0.2) is 64.2 Å². The minimum absolute atomic E-state index is 0.000776. The number of amidine groups is 2. The van der Waals surface area contributed by atoms with E-state index in [4.69, 9.17) is 37.9 Å². The van der Waals surface area contributed by atoms with E-state index in [-0.39, 0.29) is 36.2 Å². The predicted molar refractivity (Wildman–Crippen MR) is 242 cm³/mol. The molecule has 0 saturated heterocycles. The number of nitrogens with two attached hydrogens (primary N) is 1. The van der Waals surface area contributed by atoms with Crippen molar-refractivity contribution in [3.63, 3.8) is 0 Å². The van der Waals surface area contributed by atoms with E-state index in [1.54, 1.807) is 24.0 Å². The van der Waals surface area contributed by atoms with Gasteiger partial charge in [-0.15, -0.1) is 11.6 Å². The standard InChI is InChI=1S/C44H61ClN8O6S/c1-27(51-31(26-55)16-17-34(47)56)36-30(25-54)14-13-15-32(36)49-22-11-9-7-8-10-12-23-50-41(58)39-43(3,4)37-38(29-18-20-44(5,45)21-19-29)52-33(24-35(57)59-6)40(48)53(28(2)46)42(37)60-39/h13-15,18-20,25-26,31,33,39,41,46,48-51,58H,1,7-12,16-17,21-24H2,2-6H3,(H2,47,56). The lowest BCUT2D eigenvalue weighted by atomic mass is 9.76. The Morgan fingerprint density at radius 2 is 1.85 bits per heavy atom. The second-order valence-corrected chi connectivity index (χ2v) is 18.2. The second-order valence-electron chi connectivity index (χ2n) is 16.2. The second kappa shape index (κ2) is 21.8. The number of carbonyl (C=O) groups excluding carboxylic acids is 4. The smallest absolute Gasteiger partial charge is 0.308 e. The minimum atomic E-state index is -0.896. The molecule has 8 N–H and O–H groups in total. The molecule has 5 atom stereocenters. The van der Waals surface area contributed by atoms with E-state index < -0.39 is 40.5 Å². The molecule has 16 heteroatoms. The van der Waals surface area contributed by atoms with Crippen molar-refractivity contribution in [1.29, 1.82) is 10.8 Å². The van der Waals surface area contributed by atoms with Gasteiger partial charge in [-0.2, -0.15) is 0 Å². The number of nitrogens with zero attached hydrogens (tertiary/aromatic N) is 2. The van der Waals surface area contributed by atoms with Crippen molar-refractivity contribution < 1.29 is 29.0 Å². The summed E-state index contributed by atoms with van der Waals surface area (Å²) in [5, 5.41) is 39.6. The van der Waals surface area contributed by atoms with E-state index in [0.29, 0.717) is 53.4 Å². The Balaban J connectivity index is 1.30. The van der Waals surface area contributed by atoms with Crippen molar-refractivity contribution in [1.82, 2.24) is 15.5 Å². The number of primary amides is 1. The van der Waals surface area contributed by atoms with Crippen LogP contribution in [0.5, 0.6) is 0 Å². The number of amides is 1. The molecule has 1 aromatic rings. The number of carbonyl (C=O) groups is 4. The molecule has 4 rings (SSSR count). The number of ether oxygens (including phenoxy) is 1. The number of nitrogens with one attached hydrogen (secondary N) is 5. The first-order valence-electron chi connectivity index (χ1n) is 20.5. The van der Waals surface area contributed by atoms with Crippen molar-refractivity contribution in [2.75, 3.05) is 25.5 Å². The largest absolute Gasteiger partial charge is 0.469 e. The summed E-state index contributed by atoms with van der Waals surface area (Å²) < 4.78 is 4.95. The maximum atomic E-state index is 12.5. The van der Waals surface area contributed by atoms with Crippen molar-refractivity contribution in [3.05, 3.63) is 70.3 Å². The summed E-state index contributed by atoms with van der Waals surface area (Å²) in [7, 11) is 1.30.